The predicted octanol–water partition coefficient (Wildman–Crippen LogP) is 2.41. The first-order valence-electron chi connectivity index (χ1n) is 4.11. The van der Waals surface area contributed by atoms with Crippen LogP contribution in [0.25, 0.3) is 11.5 Å². The molecule has 0 aliphatic rings. The van der Waals surface area contributed by atoms with Crippen LogP contribution in [-0.4, -0.2) is 15.1 Å². The summed E-state index contributed by atoms with van der Waals surface area (Å²) in [5.74, 6) is -0.622. The van der Waals surface area contributed by atoms with Crippen molar-refractivity contribution in [3.8, 4) is 11.5 Å². The fourth-order valence-corrected chi connectivity index (χ4v) is 1.39. The van der Waals surface area contributed by atoms with Crippen LogP contribution in [0.1, 0.15) is 12.2 Å². The third-order valence-electron chi connectivity index (χ3n) is 1.75. The molecule has 0 aliphatic heterocycles. The first-order valence-corrected chi connectivity index (χ1v) is 4.90. The molecule has 2 rings (SSSR count). The number of halogens is 3. The minimum absolute atomic E-state index is 0.0819. The Balaban J connectivity index is 2.46. The Bertz CT molecular complexity index is 516. The van der Waals surface area contributed by atoms with E-state index in [2.05, 4.69) is 35.6 Å². The van der Waals surface area contributed by atoms with Gasteiger partial charge < -0.3 is 10.3 Å². The SMILES string of the molecule is Nc1ncc(Br)cc1-c1nc(C(F)F)no1. The van der Waals surface area contributed by atoms with Gasteiger partial charge in [0.1, 0.15) is 5.82 Å². The zero-order valence-corrected chi connectivity index (χ0v) is 9.28. The molecule has 0 radical (unpaired) electrons. The van der Waals surface area contributed by atoms with Gasteiger partial charge >= 0.3 is 6.43 Å². The van der Waals surface area contributed by atoms with E-state index in [-0.39, 0.29) is 11.7 Å². The summed E-state index contributed by atoms with van der Waals surface area (Å²) in [6.07, 6.45) is -1.30. The number of hydrogen-bond donors (Lipinski definition) is 1. The number of nitrogens with zero attached hydrogens (tertiary/aromatic N) is 3. The molecule has 0 saturated heterocycles. The summed E-state index contributed by atoms with van der Waals surface area (Å²) in [5.41, 5.74) is 5.87. The predicted molar refractivity (Wildman–Crippen MR) is 54.6 cm³/mol. The van der Waals surface area contributed by atoms with Gasteiger partial charge in [-0.15, -0.1) is 0 Å². The summed E-state index contributed by atoms with van der Waals surface area (Å²) in [4.78, 5) is 7.34. The molecular weight excluding hydrogens is 286 g/mol. The van der Waals surface area contributed by atoms with Gasteiger partial charge in [0, 0.05) is 10.7 Å². The third kappa shape index (κ3) is 2.01. The molecule has 2 aromatic rings. The monoisotopic (exact) mass is 290 g/mol. The summed E-state index contributed by atoms with van der Waals surface area (Å²) in [6, 6.07) is 1.56. The highest BCUT2D eigenvalue weighted by Gasteiger charge is 2.18. The summed E-state index contributed by atoms with van der Waals surface area (Å²) in [6.45, 7) is 0. The van der Waals surface area contributed by atoms with E-state index in [9.17, 15) is 8.78 Å². The Kier molecular flexibility index (Phi) is 2.82. The number of alkyl halides is 2. The van der Waals surface area contributed by atoms with Crippen LogP contribution in [0.2, 0.25) is 0 Å². The normalized spacial score (nSPS) is 11.0. The zero-order chi connectivity index (χ0) is 11.7. The molecule has 0 fully saturated rings. The highest BCUT2D eigenvalue weighted by Crippen LogP contribution is 2.27. The topological polar surface area (TPSA) is 77.8 Å². The summed E-state index contributed by atoms with van der Waals surface area (Å²) in [7, 11) is 0. The molecule has 8 heteroatoms. The molecule has 0 atom stereocenters. The lowest BCUT2D eigenvalue weighted by atomic mass is 10.2. The van der Waals surface area contributed by atoms with E-state index < -0.39 is 12.2 Å². The Morgan fingerprint density at radius 1 is 1.44 bits per heavy atom. The number of pyridine rings is 1. The Morgan fingerprint density at radius 3 is 2.81 bits per heavy atom. The third-order valence-corrected chi connectivity index (χ3v) is 2.19. The standard InChI is InChI=1S/C8H5BrF2N4O/c9-3-1-4(6(12)13-2-3)8-14-7(5(10)11)15-16-8/h1-2,5H,(H2,12,13). The largest absolute Gasteiger partial charge is 0.383 e. The molecule has 2 heterocycles. The van der Waals surface area contributed by atoms with Crippen LogP contribution in [-0.2, 0) is 0 Å². The minimum Gasteiger partial charge on any atom is -0.383 e. The van der Waals surface area contributed by atoms with Gasteiger partial charge in [-0.2, -0.15) is 4.98 Å². The first kappa shape index (κ1) is 10.9. The van der Waals surface area contributed by atoms with Crippen molar-refractivity contribution in [2.45, 2.75) is 6.43 Å². The number of aromatic nitrogens is 3. The van der Waals surface area contributed by atoms with Gasteiger partial charge in [0.05, 0.1) is 5.56 Å². The lowest BCUT2D eigenvalue weighted by molar-refractivity contribution is 0.136. The highest BCUT2D eigenvalue weighted by molar-refractivity contribution is 9.10. The van der Waals surface area contributed by atoms with Crippen molar-refractivity contribution in [2.24, 2.45) is 0 Å². The Labute approximate surface area is 96.8 Å². The van der Waals surface area contributed by atoms with E-state index >= 15 is 0 Å². The number of anilines is 1. The van der Waals surface area contributed by atoms with Crippen molar-refractivity contribution >= 4 is 21.7 Å². The second-order valence-corrected chi connectivity index (χ2v) is 3.76. The zero-order valence-electron chi connectivity index (χ0n) is 7.69. The van der Waals surface area contributed by atoms with Gasteiger partial charge in [0.25, 0.3) is 5.89 Å². The van der Waals surface area contributed by atoms with Crippen LogP contribution >= 0.6 is 15.9 Å². The lowest BCUT2D eigenvalue weighted by Crippen LogP contribution is -1.94. The molecule has 84 valence electrons. The fourth-order valence-electron chi connectivity index (χ4n) is 1.05. The molecule has 5 nitrogen and oxygen atoms in total. The second kappa shape index (κ2) is 4.12. The highest BCUT2D eigenvalue weighted by atomic mass is 79.9. The van der Waals surface area contributed by atoms with E-state index in [0.29, 0.717) is 10.0 Å². The molecule has 0 bridgehead atoms. The minimum atomic E-state index is -2.78. The van der Waals surface area contributed by atoms with Gasteiger partial charge in [-0.25, -0.2) is 13.8 Å². The van der Waals surface area contributed by atoms with Crippen LogP contribution in [0, 0.1) is 0 Å². The van der Waals surface area contributed by atoms with Crippen molar-refractivity contribution in [1.82, 2.24) is 15.1 Å². The first-order chi connectivity index (χ1) is 7.58. The van der Waals surface area contributed by atoms with Crippen LogP contribution in [0.4, 0.5) is 14.6 Å². The van der Waals surface area contributed by atoms with Gasteiger partial charge in [0.15, 0.2) is 0 Å². The average molecular weight is 291 g/mol. The van der Waals surface area contributed by atoms with Gasteiger partial charge in [-0.3, -0.25) is 0 Å². The maximum Gasteiger partial charge on any atom is 0.300 e. The molecule has 16 heavy (non-hydrogen) atoms. The molecule has 2 aromatic heterocycles. The van der Waals surface area contributed by atoms with Crippen LogP contribution in [0.3, 0.4) is 0 Å². The van der Waals surface area contributed by atoms with Gasteiger partial charge in [0.2, 0.25) is 5.82 Å². The second-order valence-electron chi connectivity index (χ2n) is 2.84. The number of rotatable bonds is 2. The van der Waals surface area contributed by atoms with Gasteiger partial charge in [-0.05, 0) is 22.0 Å². The van der Waals surface area contributed by atoms with E-state index in [1.807, 2.05) is 0 Å². The number of nitrogen functional groups attached to an aromatic ring is 1. The molecule has 2 N–H and O–H groups in total. The Morgan fingerprint density at radius 2 is 2.19 bits per heavy atom. The van der Waals surface area contributed by atoms with Crippen molar-refractivity contribution in [3.63, 3.8) is 0 Å². The van der Waals surface area contributed by atoms with Crippen molar-refractivity contribution in [1.29, 1.82) is 0 Å². The number of hydrogen-bond acceptors (Lipinski definition) is 5. The summed E-state index contributed by atoms with van der Waals surface area (Å²) >= 11 is 3.17. The van der Waals surface area contributed by atoms with Gasteiger partial charge in [-0.1, -0.05) is 5.16 Å². The quantitative estimate of drug-likeness (QED) is 0.919. The van der Waals surface area contributed by atoms with Crippen molar-refractivity contribution in [3.05, 3.63) is 22.6 Å². The molecular formula is C8H5BrF2N4O. The smallest absolute Gasteiger partial charge is 0.300 e. The van der Waals surface area contributed by atoms with Crippen molar-refractivity contribution in [2.75, 3.05) is 5.73 Å². The van der Waals surface area contributed by atoms with Crippen molar-refractivity contribution < 1.29 is 13.3 Å². The van der Waals surface area contributed by atoms with Crippen LogP contribution in [0.15, 0.2) is 21.3 Å². The summed E-state index contributed by atoms with van der Waals surface area (Å²) < 4.78 is 29.8. The molecule has 0 spiro atoms. The molecule has 0 unspecified atom stereocenters. The summed E-state index contributed by atoms with van der Waals surface area (Å²) in [5, 5.41) is 3.13. The van der Waals surface area contributed by atoms with Crippen LogP contribution in [0.5, 0.6) is 0 Å². The van der Waals surface area contributed by atoms with E-state index in [0.717, 1.165) is 0 Å². The van der Waals surface area contributed by atoms with E-state index in [1.165, 1.54) is 6.20 Å². The average Bonchev–Trinajstić information content (AvgIpc) is 2.70. The van der Waals surface area contributed by atoms with E-state index in [4.69, 9.17) is 5.73 Å². The molecule has 0 aromatic carbocycles. The maximum absolute atomic E-state index is 12.2. The fraction of sp³-hybridized carbons (Fsp3) is 0.125. The Hall–Kier alpha value is -1.57. The number of nitrogens with two attached hydrogens (primary N) is 1. The van der Waals surface area contributed by atoms with E-state index in [1.54, 1.807) is 6.07 Å². The molecule has 0 aliphatic carbocycles. The lowest BCUT2D eigenvalue weighted by Gasteiger charge is -1.99. The molecule has 0 amide bonds. The van der Waals surface area contributed by atoms with Crippen LogP contribution < -0.4 is 5.73 Å². The molecule has 0 saturated carbocycles. The maximum atomic E-state index is 12.2.